The molecule has 1 N–H and O–H groups in total. The third-order valence-corrected chi connectivity index (χ3v) is 6.14. The lowest BCUT2D eigenvalue weighted by Crippen LogP contribution is -2.38. The minimum absolute atomic E-state index is 0.225. The summed E-state index contributed by atoms with van der Waals surface area (Å²) in [6.45, 7) is 2.28. The van der Waals surface area contributed by atoms with Gasteiger partial charge in [-0.3, -0.25) is 0 Å². The van der Waals surface area contributed by atoms with Crippen LogP contribution in [0, 0.1) is 5.92 Å². The highest BCUT2D eigenvalue weighted by Gasteiger charge is 2.29. The van der Waals surface area contributed by atoms with Crippen molar-refractivity contribution in [2.45, 2.75) is 64.0 Å². The Morgan fingerprint density at radius 2 is 1.88 bits per heavy atom. The fraction of sp³-hybridized carbons (Fsp3) is 1.00. The fourth-order valence-electron chi connectivity index (χ4n) is 3.21. The molecule has 0 bridgehead atoms. The summed E-state index contributed by atoms with van der Waals surface area (Å²) in [6.07, 6.45) is 8.55. The first kappa shape index (κ1) is 13.3. The second-order valence-corrected chi connectivity index (χ2v) is 7.97. The van der Waals surface area contributed by atoms with Gasteiger partial charge in [-0.1, -0.05) is 26.2 Å². The Balaban J connectivity index is 1.80. The molecule has 2 rings (SSSR count). The third kappa shape index (κ3) is 3.95. The quantitative estimate of drug-likeness (QED) is 0.790. The largest absolute Gasteiger partial charge is 0.310 e. The first-order valence-corrected chi connectivity index (χ1v) is 8.87. The zero-order chi connectivity index (χ0) is 12.3. The van der Waals surface area contributed by atoms with Gasteiger partial charge < -0.3 is 5.32 Å². The zero-order valence-corrected chi connectivity index (χ0v) is 11.6. The Bertz CT molecular complexity index is 339. The Labute approximate surface area is 105 Å². The van der Waals surface area contributed by atoms with E-state index < -0.39 is 9.84 Å². The van der Waals surface area contributed by atoms with Crippen molar-refractivity contribution in [3.05, 3.63) is 0 Å². The average molecular weight is 259 g/mol. The van der Waals surface area contributed by atoms with E-state index >= 15 is 0 Å². The number of sulfone groups is 1. The van der Waals surface area contributed by atoms with E-state index in [1.165, 1.54) is 38.5 Å². The van der Waals surface area contributed by atoms with Gasteiger partial charge in [0.2, 0.25) is 0 Å². The topological polar surface area (TPSA) is 46.2 Å². The van der Waals surface area contributed by atoms with E-state index in [9.17, 15) is 8.42 Å². The standard InChI is InChI=1S/C13H25NO2S/c1-2-11-4-3-5-12(7-6-11)14-13-8-9-17(15,16)10-13/h11-14H,2-10H2,1H3. The summed E-state index contributed by atoms with van der Waals surface area (Å²) >= 11 is 0. The zero-order valence-electron chi connectivity index (χ0n) is 10.8. The molecule has 3 nitrogen and oxygen atoms in total. The molecular weight excluding hydrogens is 234 g/mol. The molecule has 3 unspecified atom stereocenters. The molecule has 0 aromatic rings. The maximum Gasteiger partial charge on any atom is 0.151 e. The molecule has 4 heteroatoms. The summed E-state index contributed by atoms with van der Waals surface area (Å²) in [5.74, 6) is 1.64. The summed E-state index contributed by atoms with van der Waals surface area (Å²) in [5.41, 5.74) is 0. The lowest BCUT2D eigenvalue weighted by Gasteiger charge is -2.20. The van der Waals surface area contributed by atoms with Crippen molar-refractivity contribution < 1.29 is 8.42 Å². The molecule has 0 amide bonds. The van der Waals surface area contributed by atoms with Crippen LogP contribution >= 0.6 is 0 Å². The van der Waals surface area contributed by atoms with Crippen molar-refractivity contribution in [1.29, 1.82) is 0 Å². The molecule has 3 atom stereocenters. The van der Waals surface area contributed by atoms with Gasteiger partial charge in [-0.05, 0) is 31.6 Å². The maximum absolute atomic E-state index is 11.4. The third-order valence-electron chi connectivity index (χ3n) is 4.37. The van der Waals surface area contributed by atoms with Crippen LogP contribution in [0.3, 0.4) is 0 Å². The number of rotatable bonds is 3. The normalized spacial score (nSPS) is 37.8. The van der Waals surface area contributed by atoms with E-state index in [0.29, 0.717) is 17.5 Å². The van der Waals surface area contributed by atoms with Gasteiger partial charge in [-0.25, -0.2) is 8.42 Å². The van der Waals surface area contributed by atoms with Gasteiger partial charge in [-0.15, -0.1) is 0 Å². The fourth-order valence-corrected chi connectivity index (χ4v) is 4.90. The van der Waals surface area contributed by atoms with Gasteiger partial charge in [0.25, 0.3) is 0 Å². The highest BCUT2D eigenvalue weighted by molar-refractivity contribution is 7.91. The summed E-state index contributed by atoms with van der Waals surface area (Å²) in [4.78, 5) is 0. The summed E-state index contributed by atoms with van der Waals surface area (Å²) < 4.78 is 22.8. The summed E-state index contributed by atoms with van der Waals surface area (Å²) in [6, 6.07) is 0.785. The smallest absolute Gasteiger partial charge is 0.151 e. The molecule has 1 heterocycles. The average Bonchev–Trinajstić information content (AvgIpc) is 2.51. The van der Waals surface area contributed by atoms with Crippen LogP contribution in [0.5, 0.6) is 0 Å². The Morgan fingerprint density at radius 1 is 1.06 bits per heavy atom. The van der Waals surface area contributed by atoms with E-state index in [1.807, 2.05) is 0 Å². The van der Waals surface area contributed by atoms with E-state index in [2.05, 4.69) is 12.2 Å². The van der Waals surface area contributed by atoms with Crippen molar-refractivity contribution in [1.82, 2.24) is 5.32 Å². The number of hydrogen-bond donors (Lipinski definition) is 1. The van der Waals surface area contributed by atoms with Crippen molar-refractivity contribution in [2.24, 2.45) is 5.92 Å². The highest BCUT2D eigenvalue weighted by Crippen LogP contribution is 2.26. The summed E-state index contributed by atoms with van der Waals surface area (Å²) in [5, 5.41) is 3.58. The van der Waals surface area contributed by atoms with Crippen molar-refractivity contribution >= 4 is 9.84 Å². The number of hydrogen-bond acceptors (Lipinski definition) is 3. The first-order chi connectivity index (χ1) is 8.09. The number of nitrogens with one attached hydrogen (secondary N) is 1. The van der Waals surface area contributed by atoms with Gasteiger partial charge in [0, 0.05) is 12.1 Å². The first-order valence-electron chi connectivity index (χ1n) is 7.05. The monoisotopic (exact) mass is 259 g/mol. The molecule has 1 aliphatic carbocycles. The van der Waals surface area contributed by atoms with Crippen LogP contribution in [-0.4, -0.2) is 32.0 Å². The van der Waals surface area contributed by atoms with Crippen LogP contribution in [0.25, 0.3) is 0 Å². The van der Waals surface area contributed by atoms with Crippen molar-refractivity contribution in [2.75, 3.05) is 11.5 Å². The maximum atomic E-state index is 11.4. The van der Waals surface area contributed by atoms with E-state index in [1.54, 1.807) is 0 Å². The Kier molecular flexibility index (Phi) is 4.47. The molecule has 1 saturated carbocycles. The van der Waals surface area contributed by atoms with Crippen molar-refractivity contribution in [3.63, 3.8) is 0 Å². The van der Waals surface area contributed by atoms with Crippen molar-refractivity contribution in [3.8, 4) is 0 Å². The summed E-state index contributed by atoms with van der Waals surface area (Å²) in [7, 11) is -2.73. The molecule has 0 aromatic carbocycles. The predicted molar refractivity (Wildman–Crippen MR) is 70.8 cm³/mol. The minimum atomic E-state index is -2.73. The van der Waals surface area contributed by atoms with E-state index in [0.717, 1.165) is 12.3 Å². The van der Waals surface area contributed by atoms with Crippen LogP contribution < -0.4 is 5.32 Å². The van der Waals surface area contributed by atoms with Gasteiger partial charge in [-0.2, -0.15) is 0 Å². The van der Waals surface area contributed by atoms with Crippen LogP contribution in [0.4, 0.5) is 0 Å². The molecule has 2 fully saturated rings. The van der Waals surface area contributed by atoms with Gasteiger partial charge >= 0.3 is 0 Å². The molecule has 1 saturated heterocycles. The molecule has 2 aliphatic rings. The van der Waals surface area contributed by atoms with E-state index in [-0.39, 0.29) is 6.04 Å². The molecule has 1 aliphatic heterocycles. The van der Waals surface area contributed by atoms with E-state index in [4.69, 9.17) is 0 Å². The van der Waals surface area contributed by atoms with Gasteiger partial charge in [0.15, 0.2) is 9.84 Å². The Morgan fingerprint density at radius 3 is 2.53 bits per heavy atom. The predicted octanol–water partition coefficient (Wildman–Crippen LogP) is 2.12. The van der Waals surface area contributed by atoms with Gasteiger partial charge in [0.1, 0.15) is 0 Å². The second kappa shape index (κ2) is 5.70. The van der Waals surface area contributed by atoms with Crippen LogP contribution in [0.15, 0.2) is 0 Å². The molecule has 0 aromatic heterocycles. The van der Waals surface area contributed by atoms with Gasteiger partial charge in [0.05, 0.1) is 11.5 Å². The van der Waals surface area contributed by atoms with Crippen LogP contribution in [0.2, 0.25) is 0 Å². The minimum Gasteiger partial charge on any atom is -0.310 e. The molecule has 100 valence electrons. The molecular formula is C13H25NO2S. The SMILES string of the molecule is CCC1CCCC(NC2CCS(=O)(=O)C2)CC1. The van der Waals surface area contributed by atoms with Crippen LogP contribution in [0.1, 0.15) is 51.9 Å². The Hall–Kier alpha value is -0.0900. The van der Waals surface area contributed by atoms with Crippen LogP contribution in [-0.2, 0) is 9.84 Å². The molecule has 17 heavy (non-hydrogen) atoms. The molecule has 0 spiro atoms. The molecule has 0 radical (unpaired) electrons. The lowest BCUT2D eigenvalue weighted by molar-refractivity contribution is 0.397. The lowest BCUT2D eigenvalue weighted by atomic mass is 9.98. The highest BCUT2D eigenvalue weighted by atomic mass is 32.2. The second-order valence-electron chi connectivity index (χ2n) is 5.75.